The monoisotopic (exact) mass is 318 g/mol. The van der Waals surface area contributed by atoms with Gasteiger partial charge in [-0.1, -0.05) is 0 Å². The van der Waals surface area contributed by atoms with E-state index in [-0.39, 0.29) is 12.2 Å². The largest absolute Gasteiger partial charge is 0.433 e. The summed E-state index contributed by atoms with van der Waals surface area (Å²) >= 11 is 1.35. The van der Waals surface area contributed by atoms with E-state index < -0.39 is 22.5 Å². The molecule has 0 spiro atoms. The van der Waals surface area contributed by atoms with Crippen molar-refractivity contribution in [1.82, 2.24) is 9.97 Å². The lowest BCUT2D eigenvalue weighted by Gasteiger charge is -2.09. The molecule has 10 heteroatoms. The molecule has 0 radical (unpaired) electrons. The molecule has 2 aromatic rings. The number of alkyl halides is 3. The highest BCUT2D eigenvalue weighted by Crippen LogP contribution is 2.33. The van der Waals surface area contributed by atoms with Crippen LogP contribution >= 0.6 is 11.3 Å². The molecule has 0 saturated heterocycles. The summed E-state index contributed by atoms with van der Waals surface area (Å²) in [6.07, 6.45) is -2.50. The van der Waals surface area contributed by atoms with E-state index in [4.69, 9.17) is 0 Å². The van der Waals surface area contributed by atoms with Gasteiger partial charge in [-0.05, 0) is 13.0 Å². The maximum absolute atomic E-state index is 12.6. The summed E-state index contributed by atoms with van der Waals surface area (Å²) in [6, 6.07) is 0.631. The van der Waals surface area contributed by atoms with Crippen molar-refractivity contribution in [2.24, 2.45) is 0 Å². The number of nitro groups is 1. The van der Waals surface area contributed by atoms with Crippen LogP contribution in [0.4, 0.5) is 24.5 Å². The summed E-state index contributed by atoms with van der Waals surface area (Å²) in [7, 11) is 0. The number of pyridine rings is 1. The quantitative estimate of drug-likeness (QED) is 0.690. The lowest BCUT2D eigenvalue weighted by atomic mass is 10.2. The van der Waals surface area contributed by atoms with Crippen LogP contribution in [0.2, 0.25) is 0 Å². The number of hydrogen-bond acceptors (Lipinski definition) is 6. The van der Waals surface area contributed by atoms with Crippen molar-refractivity contribution in [3.63, 3.8) is 0 Å². The van der Waals surface area contributed by atoms with Crippen LogP contribution in [0.3, 0.4) is 0 Å². The number of hydrogen-bond donors (Lipinski definition) is 1. The van der Waals surface area contributed by atoms with Gasteiger partial charge >= 0.3 is 11.9 Å². The van der Waals surface area contributed by atoms with Gasteiger partial charge in [-0.3, -0.25) is 10.1 Å². The number of nitrogens with zero attached hydrogens (tertiary/aromatic N) is 3. The van der Waals surface area contributed by atoms with E-state index in [9.17, 15) is 23.3 Å². The molecule has 0 amide bonds. The summed E-state index contributed by atoms with van der Waals surface area (Å²) in [5.41, 5.74) is -1.92. The topological polar surface area (TPSA) is 81.0 Å². The zero-order valence-electron chi connectivity index (χ0n) is 10.6. The number of rotatable bonds is 4. The Morgan fingerprint density at radius 1 is 1.38 bits per heavy atom. The average molecular weight is 318 g/mol. The summed E-state index contributed by atoms with van der Waals surface area (Å²) in [5, 5.41) is 14.3. The van der Waals surface area contributed by atoms with Gasteiger partial charge in [-0.25, -0.2) is 9.97 Å². The van der Waals surface area contributed by atoms with Crippen molar-refractivity contribution >= 4 is 22.7 Å². The number of aryl methyl sites for hydroxylation is 1. The average Bonchev–Trinajstić information content (AvgIpc) is 2.80. The van der Waals surface area contributed by atoms with Gasteiger partial charge in [-0.2, -0.15) is 13.2 Å². The molecule has 1 N–H and O–H groups in total. The van der Waals surface area contributed by atoms with Crippen LogP contribution in [-0.4, -0.2) is 14.9 Å². The Bertz CT molecular complexity index is 672. The van der Waals surface area contributed by atoms with Gasteiger partial charge in [-0.15, -0.1) is 11.3 Å². The first-order valence-electron chi connectivity index (χ1n) is 5.64. The molecule has 2 heterocycles. The molecule has 0 aliphatic carbocycles. The first kappa shape index (κ1) is 15.2. The minimum Gasteiger partial charge on any atom is -0.374 e. The predicted molar refractivity (Wildman–Crippen MR) is 70.1 cm³/mol. The molecule has 2 aromatic heterocycles. The van der Waals surface area contributed by atoms with E-state index in [1.807, 2.05) is 0 Å². The highest BCUT2D eigenvalue weighted by molar-refractivity contribution is 7.11. The van der Waals surface area contributed by atoms with Crippen molar-refractivity contribution in [2.75, 3.05) is 5.32 Å². The van der Waals surface area contributed by atoms with Crippen LogP contribution in [-0.2, 0) is 12.7 Å². The van der Waals surface area contributed by atoms with Gasteiger partial charge in [0.1, 0.15) is 17.6 Å². The third-order valence-electron chi connectivity index (χ3n) is 2.49. The molecule has 0 aliphatic rings. The minimum atomic E-state index is -4.66. The first-order chi connectivity index (χ1) is 9.77. The van der Waals surface area contributed by atoms with Gasteiger partial charge in [0.2, 0.25) is 0 Å². The summed E-state index contributed by atoms with van der Waals surface area (Å²) in [4.78, 5) is 17.9. The third-order valence-corrected chi connectivity index (χ3v) is 3.41. The zero-order valence-corrected chi connectivity index (χ0v) is 11.5. The number of aromatic nitrogens is 2. The van der Waals surface area contributed by atoms with Crippen LogP contribution < -0.4 is 5.32 Å². The Labute approximate surface area is 120 Å². The lowest BCUT2D eigenvalue weighted by molar-refractivity contribution is -0.384. The summed E-state index contributed by atoms with van der Waals surface area (Å²) in [6.45, 7) is 1.93. The maximum Gasteiger partial charge on any atom is 0.433 e. The second kappa shape index (κ2) is 5.64. The van der Waals surface area contributed by atoms with Gasteiger partial charge in [0.15, 0.2) is 0 Å². The Balaban J connectivity index is 2.28. The van der Waals surface area contributed by atoms with E-state index in [2.05, 4.69) is 15.3 Å². The molecule has 0 atom stereocenters. The van der Waals surface area contributed by atoms with Gasteiger partial charge in [0.05, 0.1) is 16.5 Å². The molecule has 0 aliphatic heterocycles. The molecule has 0 saturated carbocycles. The number of halogens is 3. The normalized spacial score (nSPS) is 11.4. The first-order valence-corrected chi connectivity index (χ1v) is 6.46. The SMILES string of the molecule is Cc1ncc(CNc2cc(C(F)(F)F)ncc2[N+](=O)[O-])s1. The maximum atomic E-state index is 12.6. The van der Waals surface area contributed by atoms with Crippen LogP contribution in [0.25, 0.3) is 0 Å². The molecule has 6 nitrogen and oxygen atoms in total. The van der Waals surface area contributed by atoms with E-state index in [1.165, 1.54) is 11.3 Å². The van der Waals surface area contributed by atoms with E-state index >= 15 is 0 Å². The number of anilines is 1. The smallest absolute Gasteiger partial charge is 0.374 e. The van der Waals surface area contributed by atoms with Crippen LogP contribution in [0.1, 0.15) is 15.6 Å². The molecule has 0 bridgehead atoms. The van der Waals surface area contributed by atoms with Gasteiger partial charge in [0.25, 0.3) is 0 Å². The van der Waals surface area contributed by atoms with E-state index in [0.29, 0.717) is 12.3 Å². The molecule has 0 fully saturated rings. The van der Waals surface area contributed by atoms with Gasteiger partial charge in [0, 0.05) is 11.1 Å². The molecule has 0 aromatic carbocycles. The fourth-order valence-corrected chi connectivity index (χ4v) is 2.29. The van der Waals surface area contributed by atoms with Crippen molar-refractivity contribution in [1.29, 1.82) is 0 Å². The van der Waals surface area contributed by atoms with E-state index in [0.717, 1.165) is 9.88 Å². The Kier molecular flexibility index (Phi) is 4.07. The molecular weight excluding hydrogens is 309 g/mol. The predicted octanol–water partition coefficient (Wildman–Crippen LogP) is 3.39. The van der Waals surface area contributed by atoms with Crippen LogP contribution in [0.5, 0.6) is 0 Å². The number of nitrogens with one attached hydrogen (secondary N) is 1. The fraction of sp³-hybridized carbons (Fsp3) is 0.273. The number of thiazole rings is 1. The van der Waals surface area contributed by atoms with Crippen molar-refractivity contribution in [2.45, 2.75) is 19.6 Å². The van der Waals surface area contributed by atoms with Crippen molar-refractivity contribution in [3.8, 4) is 0 Å². The third kappa shape index (κ3) is 3.66. The second-order valence-corrected chi connectivity index (χ2v) is 5.36. The highest BCUT2D eigenvalue weighted by atomic mass is 32.1. The van der Waals surface area contributed by atoms with Crippen molar-refractivity contribution < 1.29 is 18.1 Å². The minimum absolute atomic E-state index is 0.146. The fourth-order valence-electron chi connectivity index (χ4n) is 1.56. The zero-order chi connectivity index (χ0) is 15.6. The second-order valence-electron chi connectivity index (χ2n) is 4.04. The summed E-state index contributed by atoms with van der Waals surface area (Å²) in [5.74, 6) is 0. The highest BCUT2D eigenvalue weighted by Gasteiger charge is 2.34. The van der Waals surface area contributed by atoms with Crippen LogP contribution in [0.15, 0.2) is 18.5 Å². The van der Waals surface area contributed by atoms with Gasteiger partial charge < -0.3 is 5.32 Å². The Morgan fingerprint density at radius 3 is 2.62 bits per heavy atom. The Hall–Kier alpha value is -2.23. The molecule has 2 rings (SSSR count). The molecule has 21 heavy (non-hydrogen) atoms. The van der Waals surface area contributed by atoms with Crippen LogP contribution in [0, 0.1) is 17.0 Å². The lowest BCUT2D eigenvalue weighted by Crippen LogP contribution is -2.10. The summed E-state index contributed by atoms with van der Waals surface area (Å²) < 4.78 is 37.8. The molecule has 112 valence electrons. The Morgan fingerprint density at radius 2 is 2.10 bits per heavy atom. The van der Waals surface area contributed by atoms with Crippen molar-refractivity contribution in [3.05, 3.63) is 44.2 Å². The van der Waals surface area contributed by atoms with E-state index in [1.54, 1.807) is 13.1 Å². The molecule has 0 unspecified atom stereocenters. The standard InChI is InChI=1S/C11H9F3N4O2S/c1-6-15-3-7(21-6)4-16-8-2-10(11(12,13)14)17-5-9(8)18(19)20/h2-3,5H,4H2,1H3,(H,16,17). The molecular formula is C11H9F3N4O2S.